The zero-order valence-electron chi connectivity index (χ0n) is 27.3. The lowest BCUT2D eigenvalue weighted by atomic mass is 9.89. The Morgan fingerprint density at radius 2 is 1.89 bits per heavy atom. The van der Waals surface area contributed by atoms with Crippen molar-refractivity contribution in [2.24, 2.45) is 5.92 Å². The van der Waals surface area contributed by atoms with Gasteiger partial charge in [-0.15, -0.1) is 12.6 Å². The fraction of sp³-hybridized carbons (Fsp3) is 0.576. The van der Waals surface area contributed by atoms with Gasteiger partial charge in [-0.05, 0) is 97.4 Å². The molecule has 3 atom stereocenters. The molecule has 1 aromatic carbocycles. The van der Waals surface area contributed by atoms with Crippen LogP contribution in [0, 0.1) is 17.2 Å². The molecule has 2 aliphatic rings. The van der Waals surface area contributed by atoms with Gasteiger partial charge in [0, 0.05) is 23.8 Å². The van der Waals surface area contributed by atoms with E-state index in [4.69, 9.17) is 9.47 Å². The number of rotatable bonds is 7. The third-order valence-corrected chi connectivity index (χ3v) is 8.92. The molecular formula is C33H42F3N5O4S. The van der Waals surface area contributed by atoms with Gasteiger partial charge >= 0.3 is 12.3 Å². The second kappa shape index (κ2) is 13.2. The summed E-state index contributed by atoms with van der Waals surface area (Å²) in [7, 11) is 0. The first-order chi connectivity index (χ1) is 21.4. The van der Waals surface area contributed by atoms with Crippen LogP contribution in [0.25, 0.3) is 0 Å². The third kappa shape index (κ3) is 7.32. The molecule has 2 fully saturated rings. The lowest BCUT2D eigenvalue weighted by Gasteiger charge is -2.38. The summed E-state index contributed by atoms with van der Waals surface area (Å²) < 4.78 is 52.7. The number of halogens is 3. The summed E-state index contributed by atoms with van der Waals surface area (Å²) in [5, 5.41) is 9.19. The van der Waals surface area contributed by atoms with Gasteiger partial charge < -0.3 is 19.3 Å². The van der Waals surface area contributed by atoms with Crippen LogP contribution in [0.4, 0.5) is 29.3 Å². The average molecular weight is 662 g/mol. The number of alkyl halides is 3. The second-order valence-electron chi connectivity index (χ2n) is 13.4. The zero-order chi connectivity index (χ0) is 34.2. The summed E-state index contributed by atoms with van der Waals surface area (Å²) in [6.45, 7) is 14.0. The number of carbonyl (C=O) groups excluding carboxylic acids is 2. The zero-order valence-corrected chi connectivity index (χ0v) is 28.2. The minimum absolute atomic E-state index is 0.0122. The van der Waals surface area contributed by atoms with Crippen molar-refractivity contribution in [3.63, 3.8) is 0 Å². The van der Waals surface area contributed by atoms with Crippen LogP contribution < -0.4 is 14.5 Å². The van der Waals surface area contributed by atoms with Crippen molar-refractivity contribution >= 4 is 36.0 Å². The van der Waals surface area contributed by atoms with E-state index in [1.807, 2.05) is 40.7 Å². The highest BCUT2D eigenvalue weighted by molar-refractivity contribution is 7.81. The Bertz CT molecular complexity index is 1500. The van der Waals surface area contributed by atoms with Gasteiger partial charge in [-0.1, -0.05) is 6.92 Å². The lowest BCUT2D eigenvalue weighted by molar-refractivity contribution is -0.137. The highest BCUT2D eigenvalue weighted by Gasteiger charge is 2.52. The van der Waals surface area contributed by atoms with E-state index < -0.39 is 39.8 Å². The van der Waals surface area contributed by atoms with Crippen molar-refractivity contribution in [1.82, 2.24) is 9.88 Å². The van der Waals surface area contributed by atoms with Crippen LogP contribution in [-0.2, 0) is 22.1 Å². The topological polar surface area (TPSA) is 99.0 Å². The number of likely N-dealkylation sites (tertiary alicyclic amines) is 1. The van der Waals surface area contributed by atoms with Gasteiger partial charge in [0.15, 0.2) is 5.50 Å². The Morgan fingerprint density at radius 3 is 2.48 bits per heavy atom. The van der Waals surface area contributed by atoms with Crippen LogP contribution in [0.15, 0.2) is 30.5 Å². The minimum atomic E-state index is -4.77. The maximum Gasteiger partial charge on any atom is 0.417 e. The maximum absolute atomic E-state index is 13.7. The van der Waals surface area contributed by atoms with E-state index in [1.165, 1.54) is 11.0 Å². The van der Waals surface area contributed by atoms with Crippen molar-refractivity contribution < 1.29 is 32.2 Å². The van der Waals surface area contributed by atoms with Gasteiger partial charge in [0.2, 0.25) is 5.88 Å². The van der Waals surface area contributed by atoms with E-state index in [0.717, 1.165) is 37.0 Å². The Morgan fingerprint density at radius 1 is 1.20 bits per heavy atom. The molecule has 2 saturated heterocycles. The maximum atomic E-state index is 13.7. The molecule has 0 bridgehead atoms. The molecule has 46 heavy (non-hydrogen) atoms. The van der Waals surface area contributed by atoms with E-state index in [1.54, 1.807) is 35.9 Å². The molecule has 1 aromatic heterocycles. The molecule has 0 spiro atoms. The SMILES string of the molecule is CCc1cc(N2C(S)N(c3ccc(C#N)c(C(F)(F)F)c3)C(=O)C2(C)C)cnc1OCC[C@@H]1CCN(C(=O)OC(C)(C)C)[C@@H](C)C1. The van der Waals surface area contributed by atoms with Crippen LogP contribution in [0.1, 0.15) is 84.4 Å². The molecule has 2 aromatic rings. The van der Waals surface area contributed by atoms with E-state index in [0.29, 0.717) is 37.1 Å². The first-order valence-corrected chi connectivity index (χ1v) is 15.9. The number of nitriles is 1. The van der Waals surface area contributed by atoms with E-state index in [9.17, 15) is 28.0 Å². The first kappa shape index (κ1) is 35.2. The second-order valence-corrected chi connectivity index (χ2v) is 13.8. The predicted molar refractivity (Wildman–Crippen MR) is 172 cm³/mol. The standard InChI is InChI=1S/C33H42F3N5O4S/c1-8-22-16-25(19-38-27(22)44-14-12-21-11-13-39(20(2)15-21)30(43)45-31(3,4)5)41-29(46)40(28(42)32(41,6)7)24-10-9-23(18-37)26(17-24)33(34,35)36/h9-10,16-17,19-21,29,46H,8,11-15H2,1-7H3/t20-,21-,29?/m0/s1. The summed E-state index contributed by atoms with van der Waals surface area (Å²) in [4.78, 5) is 35.4. The van der Waals surface area contributed by atoms with Gasteiger partial charge in [0.1, 0.15) is 11.1 Å². The molecule has 4 rings (SSSR count). The number of amides is 2. The quantitative estimate of drug-likeness (QED) is 0.314. The molecule has 0 radical (unpaired) electrons. The smallest absolute Gasteiger partial charge is 0.417 e. The van der Waals surface area contributed by atoms with Crippen LogP contribution >= 0.6 is 12.6 Å². The first-order valence-electron chi connectivity index (χ1n) is 15.4. The van der Waals surface area contributed by atoms with Gasteiger partial charge in [-0.25, -0.2) is 9.78 Å². The van der Waals surface area contributed by atoms with Crippen LogP contribution in [0.5, 0.6) is 5.88 Å². The molecule has 13 heteroatoms. The number of carbonyl (C=O) groups is 2. The fourth-order valence-electron chi connectivity index (χ4n) is 6.07. The number of benzene rings is 1. The van der Waals surface area contributed by atoms with E-state index in [-0.39, 0.29) is 17.8 Å². The largest absolute Gasteiger partial charge is 0.477 e. The van der Waals surface area contributed by atoms with Gasteiger partial charge in [0.05, 0.1) is 35.7 Å². The molecule has 2 aliphatic heterocycles. The molecule has 250 valence electrons. The van der Waals surface area contributed by atoms with E-state index in [2.05, 4.69) is 17.6 Å². The number of pyridine rings is 1. The molecule has 3 heterocycles. The molecule has 2 amide bonds. The number of ether oxygens (including phenoxy) is 2. The van der Waals surface area contributed by atoms with Gasteiger partial charge in [-0.2, -0.15) is 18.4 Å². The number of aryl methyl sites for hydroxylation is 1. The highest BCUT2D eigenvalue weighted by atomic mass is 32.1. The number of hydrogen-bond acceptors (Lipinski definition) is 8. The molecule has 0 N–H and O–H groups in total. The summed E-state index contributed by atoms with van der Waals surface area (Å²) in [6, 6.07) is 6.69. The summed E-state index contributed by atoms with van der Waals surface area (Å²) in [6.07, 6.45) is -0.392. The van der Waals surface area contributed by atoms with Crippen molar-refractivity contribution in [3.05, 3.63) is 47.2 Å². The highest BCUT2D eigenvalue weighted by Crippen LogP contribution is 2.43. The summed E-state index contributed by atoms with van der Waals surface area (Å²) in [5.41, 5.74) is -2.92. The summed E-state index contributed by atoms with van der Waals surface area (Å²) in [5.74, 6) is 0.407. The van der Waals surface area contributed by atoms with Crippen molar-refractivity contribution in [3.8, 4) is 11.9 Å². The van der Waals surface area contributed by atoms with Crippen LogP contribution in [0.2, 0.25) is 0 Å². The monoisotopic (exact) mass is 661 g/mol. The number of aromatic nitrogens is 1. The Balaban J connectivity index is 1.46. The number of hydrogen-bond donors (Lipinski definition) is 1. The predicted octanol–water partition coefficient (Wildman–Crippen LogP) is 7.18. The molecule has 9 nitrogen and oxygen atoms in total. The van der Waals surface area contributed by atoms with Crippen LogP contribution in [0.3, 0.4) is 0 Å². The number of piperidine rings is 1. The fourth-order valence-corrected chi connectivity index (χ4v) is 6.73. The van der Waals surface area contributed by atoms with Gasteiger partial charge in [0.25, 0.3) is 5.91 Å². The molecule has 0 saturated carbocycles. The molecule has 1 unspecified atom stereocenters. The summed E-state index contributed by atoms with van der Waals surface area (Å²) >= 11 is 4.68. The van der Waals surface area contributed by atoms with Gasteiger partial charge in [-0.3, -0.25) is 9.69 Å². The average Bonchev–Trinajstić information content (AvgIpc) is 3.14. The van der Waals surface area contributed by atoms with Crippen molar-refractivity contribution in [1.29, 1.82) is 5.26 Å². The van der Waals surface area contributed by atoms with Crippen LogP contribution in [-0.4, -0.2) is 57.7 Å². The Hall–Kier alpha value is -3.66. The van der Waals surface area contributed by atoms with E-state index >= 15 is 0 Å². The third-order valence-electron chi connectivity index (χ3n) is 8.46. The Labute approximate surface area is 274 Å². The molecular weight excluding hydrogens is 619 g/mol. The Kier molecular flexibility index (Phi) is 10.1. The normalized spacial score (nSPS) is 21.7. The number of nitrogens with zero attached hydrogens (tertiary/aromatic N) is 5. The van der Waals surface area contributed by atoms with Crippen molar-refractivity contribution in [2.75, 3.05) is 23.0 Å². The lowest BCUT2D eigenvalue weighted by Crippen LogP contribution is -2.46. The molecule has 0 aliphatic carbocycles. The number of anilines is 2. The van der Waals surface area contributed by atoms with Crippen molar-refractivity contribution in [2.45, 2.75) is 103 Å². The minimum Gasteiger partial charge on any atom is -0.477 e. The number of thiol groups is 1.